The van der Waals surface area contributed by atoms with Gasteiger partial charge in [0, 0.05) is 17.7 Å². The number of hydrogen-bond donors (Lipinski definition) is 3. The Morgan fingerprint density at radius 2 is 1.88 bits per heavy atom. The van der Waals surface area contributed by atoms with Gasteiger partial charge in [0.05, 0.1) is 6.61 Å². The quantitative estimate of drug-likeness (QED) is 0.512. The highest BCUT2D eigenvalue weighted by molar-refractivity contribution is 8.93. The molecule has 0 rings (SSSR count). The van der Waals surface area contributed by atoms with Gasteiger partial charge in [-0.2, -0.15) is 4.21 Å². The van der Waals surface area contributed by atoms with Gasteiger partial charge in [-0.05, 0) is 25.9 Å². The lowest BCUT2D eigenvalue weighted by atomic mass is 10.2. The molecule has 0 aliphatic heterocycles. The smallest absolute Gasteiger partial charge is 0.266 e. The summed E-state index contributed by atoms with van der Waals surface area (Å²) < 4.78 is 23.6. The summed E-state index contributed by atoms with van der Waals surface area (Å²) in [6.07, 6.45) is 4.47. The number of nitrogens with two attached hydrogens (primary N) is 1. The minimum absolute atomic E-state index is 0. The van der Waals surface area contributed by atoms with Gasteiger partial charge in [0.1, 0.15) is 0 Å². The highest BCUT2D eigenvalue weighted by Crippen LogP contribution is 1.96. The molecule has 0 saturated heterocycles. The Kier molecular flexibility index (Phi) is 14.5. The maximum absolute atomic E-state index is 10.5. The lowest BCUT2D eigenvalue weighted by Crippen LogP contribution is -2.22. The van der Waals surface area contributed by atoms with Gasteiger partial charge in [0.2, 0.25) is 0 Å². The van der Waals surface area contributed by atoms with E-state index in [0.717, 1.165) is 38.8 Å². The summed E-state index contributed by atoms with van der Waals surface area (Å²) in [4.78, 5) is 0. The van der Waals surface area contributed by atoms with Crippen LogP contribution in [-0.4, -0.2) is 35.0 Å². The fraction of sp³-hybridized carbons (Fsp3) is 1.00. The molecule has 0 heterocycles. The van der Waals surface area contributed by atoms with E-state index in [-0.39, 0.29) is 23.6 Å². The second-order valence-electron chi connectivity index (χ2n) is 3.20. The highest BCUT2D eigenvalue weighted by Gasteiger charge is 1.97. The van der Waals surface area contributed by atoms with E-state index in [0.29, 0.717) is 6.54 Å². The maximum atomic E-state index is 10.5. The van der Waals surface area contributed by atoms with E-state index in [9.17, 15) is 4.21 Å². The Morgan fingerprint density at radius 1 is 1.25 bits per heavy atom. The lowest BCUT2D eigenvalue weighted by Gasteiger charge is -2.04. The molecule has 16 heavy (non-hydrogen) atoms. The van der Waals surface area contributed by atoms with Gasteiger partial charge in [-0.1, -0.05) is 12.8 Å². The Labute approximate surface area is 113 Å². The second-order valence-corrected chi connectivity index (χ2v) is 5.56. The van der Waals surface area contributed by atoms with Gasteiger partial charge in [0.15, 0.2) is 0 Å². The SMILES string of the molecule is Br.NCCCCCCNCCOS(=O)(O)=S. The maximum Gasteiger partial charge on any atom is 0.266 e. The van der Waals surface area contributed by atoms with Crippen molar-refractivity contribution in [1.29, 1.82) is 0 Å². The number of hydrogen-bond acceptors (Lipinski definition) is 5. The molecule has 0 radical (unpaired) electrons. The summed E-state index contributed by atoms with van der Waals surface area (Å²) in [7, 11) is -3.45. The zero-order valence-electron chi connectivity index (χ0n) is 9.22. The van der Waals surface area contributed by atoms with Crippen LogP contribution in [0, 0.1) is 0 Å². The molecule has 0 aromatic rings. The molecule has 0 aromatic heterocycles. The van der Waals surface area contributed by atoms with E-state index in [1.807, 2.05) is 0 Å². The van der Waals surface area contributed by atoms with E-state index in [1.165, 1.54) is 0 Å². The summed E-state index contributed by atoms with van der Waals surface area (Å²) in [6, 6.07) is 0. The summed E-state index contributed by atoms with van der Waals surface area (Å²) in [5.41, 5.74) is 5.36. The molecule has 0 spiro atoms. The minimum atomic E-state index is -3.45. The van der Waals surface area contributed by atoms with Gasteiger partial charge in [-0.3, -0.25) is 8.74 Å². The third kappa shape index (κ3) is 17.1. The van der Waals surface area contributed by atoms with E-state index in [1.54, 1.807) is 0 Å². The Balaban J connectivity index is 0. The molecule has 1 atom stereocenters. The van der Waals surface area contributed by atoms with E-state index in [2.05, 4.69) is 20.7 Å². The first-order valence-corrected chi connectivity index (χ1v) is 7.45. The lowest BCUT2D eigenvalue weighted by molar-refractivity contribution is 0.302. The number of unbranched alkanes of at least 4 members (excludes halogenated alkanes) is 3. The molecular weight excluding hydrogens is 316 g/mol. The molecule has 100 valence electrons. The summed E-state index contributed by atoms with van der Waals surface area (Å²) in [5.74, 6) is 0. The molecule has 8 heteroatoms. The van der Waals surface area contributed by atoms with Crippen LogP contribution in [0.3, 0.4) is 0 Å². The third-order valence-corrected chi connectivity index (χ3v) is 2.57. The largest absolute Gasteiger partial charge is 0.330 e. The number of rotatable bonds is 10. The standard InChI is InChI=1S/C8H20N2O3S2.BrH/c9-5-3-1-2-4-6-10-7-8-13-15(11,12)14;/h10H,1-9H2,(H,11,12,14);1H. The van der Waals surface area contributed by atoms with E-state index >= 15 is 0 Å². The predicted octanol–water partition coefficient (Wildman–Crippen LogP) is 0.824. The van der Waals surface area contributed by atoms with E-state index in [4.69, 9.17) is 10.3 Å². The topological polar surface area (TPSA) is 84.6 Å². The van der Waals surface area contributed by atoms with Crippen LogP contribution in [0.25, 0.3) is 0 Å². The monoisotopic (exact) mass is 336 g/mol. The van der Waals surface area contributed by atoms with Crippen molar-refractivity contribution in [3.63, 3.8) is 0 Å². The molecular formula is C8H21BrN2O3S2. The van der Waals surface area contributed by atoms with Crippen molar-refractivity contribution in [3.8, 4) is 0 Å². The average Bonchev–Trinajstić information content (AvgIpc) is 2.14. The van der Waals surface area contributed by atoms with Crippen molar-refractivity contribution in [3.05, 3.63) is 0 Å². The fourth-order valence-electron chi connectivity index (χ4n) is 1.09. The zero-order chi connectivity index (χ0) is 11.6. The van der Waals surface area contributed by atoms with Crippen LogP contribution in [-0.2, 0) is 24.4 Å². The van der Waals surface area contributed by atoms with Crippen LogP contribution in [0.15, 0.2) is 0 Å². The highest BCUT2D eigenvalue weighted by atomic mass is 79.9. The van der Waals surface area contributed by atoms with Crippen molar-refractivity contribution in [1.82, 2.24) is 5.32 Å². The molecule has 0 bridgehead atoms. The van der Waals surface area contributed by atoms with Crippen molar-refractivity contribution >= 4 is 37.2 Å². The van der Waals surface area contributed by atoms with Crippen LogP contribution in [0.5, 0.6) is 0 Å². The van der Waals surface area contributed by atoms with Gasteiger partial charge >= 0.3 is 0 Å². The second kappa shape index (κ2) is 12.2. The number of halogens is 1. The fourth-order valence-corrected chi connectivity index (χ4v) is 1.59. The third-order valence-electron chi connectivity index (χ3n) is 1.82. The van der Waals surface area contributed by atoms with Gasteiger partial charge in [-0.25, -0.2) is 0 Å². The molecule has 0 fully saturated rings. The molecule has 5 nitrogen and oxygen atoms in total. The van der Waals surface area contributed by atoms with Crippen LogP contribution < -0.4 is 11.1 Å². The van der Waals surface area contributed by atoms with Crippen molar-refractivity contribution in [2.45, 2.75) is 25.7 Å². The van der Waals surface area contributed by atoms with Gasteiger partial charge < -0.3 is 11.1 Å². The Hall–Kier alpha value is 0.690. The molecule has 1 unspecified atom stereocenters. The van der Waals surface area contributed by atoms with Gasteiger partial charge in [0.25, 0.3) is 9.05 Å². The molecule has 0 saturated carbocycles. The van der Waals surface area contributed by atoms with Gasteiger partial charge in [-0.15, -0.1) is 17.0 Å². The first-order valence-electron chi connectivity index (χ1n) is 5.09. The molecule has 4 N–H and O–H groups in total. The molecule has 0 aliphatic rings. The first kappa shape index (κ1) is 19.0. The molecule has 0 amide bonds. The summed E-state index contributed by atoms with van der Waals surface area (Å²) in [6.45, 7) is 2.36. The van der Waals surface area contributed by atoms with Crippen LogP contribution >= 0.6 is 17.0 Å². The average molecular weight is 337 g/mol. The van der Waals surface area contributed by atoms with Crippen molar-refractivity contribution in [2.75, 3.05) is 26.2 Å². The summed E-state index contributed by atoms with van der Waals surface area (Å²) in [5, 5.41) is 3.10. The van der Waals surface area contributed by atoms with Crippen molar-refractivity contribution in [2.24, 2.45) is 5.73 Å². The summed E-state index contributed by atoms with van der Waals surface area (Å²) >= 11 is 4.16. The molecule has 0 aromatic carbocycles. The van der Waals surface area contributed by atoms with Crippen LogP contribution in [0.2, 0.25) is 0 Å². The Morgan fingerprint density at radius 3 is 2.44 bits per heavy atom. The predicted molar refractivity (Wildman–Crippen MR) is 74.8 cm³/mol. The minimum Gasteiger partial charge on any atom is -0.330 e. The van der Waals surface area contributed by atoms with Crippen LogP contribution in [0.1, 0.15) is 25.7 Å². The van der Waals surface area contributed by atoms with Crippen LogP contribution in [0.4, 0.5) is 0 Å². The Bertz CT molecular complexity index is 237. The number of nitrogens with one attached hydrogen (secondary N) is 1. The first-order chi connectivity index (χ1) is 7.06. The molecule has 0 aliphatic carbocycles. The van der Waals surface area contributed by atoms with E-state index < -0.39 is 9.05 Å². The normalized spacial score (nSPS) is 14.1. The van der Waals surface area contributed by atoms with Crippen molar-refractivity contribution < 1.29 is 12.9 Å². The zero-order valence-corrected chi connectivity index (χ0v) is 12.6.